The third-order valence-electron chi connectivity index (χ3n) is 9.26. The average molecular weight is 559 g/mol. The molecule has 0 unspecified atom stereocenters. The molecular formula is C34H42N2O5. The van der Waals surface area contributed by atoms with Gasteiger partial charge in [0.05, 0.1) is 30.2 Å². The van der Waals surface area contributed by atoms with E-state index in [1.54, 1.807) is 18.3 Å². The zero-order chi connectivity index (χ0) is 29.1. The number of benzene rings is 1. The van der Waals surface area contributed by atoms with Crippen LogP contribution < -0.4 is 0 Å². The van der Waals surface area contributed by atoms with Crippen molar-refractivity contribution in [2.45, 2.75) is 77.4 Å². The quantitative estimate of drug-likeness (QED) is 0.282. The maximum atomic E-state index is 13.8. The second-order valence-electron chi connectivity index (χ2n) is 12.1. The van der Waals surface area contributed by atoms with Crippen LogP contribution in [0.3, 0.4) is 0 Å². The molecule has 0 spiro atoms. The molecule has 1 aliphatic heterocycles. The lowest BCUT2D eigenvalue weighted by Gasteiger charge is -2.38. The number of likely N-dealkylation sites (tertiary alicyclic amines) is 1. The number of carbonyl (C=O) groups is 2. The van der Waals surface area contributed by atoms with Crippen LogP contribution in [-0.4, -0.2) is 55.8 Å². The van der Waals surface area contributed by atoms with Crippen LogP contribution >= 0.6 is 0 Å². The number of carbonyl (C=O) groups excluding carboxylic acids is 2. The van der Waals surface area contributed by atoms with Gasteiger partial charge < -0.3 is 15.3 Å². The first-order valence-electron chi connectivity index (χ1n) is 15.1. The smallest absolute Gasteiger partial charge is 0.234 e. The van der Waals surface area contributed by atoms with Gasteiger partial charge in [-0.05, 0) is 85.1 Å². The molecule has 218 valence electrons. The van der Waals surface area contributed by atoms with Gasteiger partial charge in [0.25, 0.3) is 0 Å². The molecule has 5 rings (SSSR count). The lowest BCUT2D eigenvalue weighted by Crippen LogP contribution is -2.42. The number of fused-ring (bicyclic) bond motifs is 1. The highest BCUT2D eigenvalue weighted by atomic mass is 16.3. The highest BCUT2D eigenvalue weighted by Crippen LogP contribution is 2.49. The van der Waals surface area contributed by atoms with Crippen LogP contribution in [-0.2, 0) is 9.59 Å². The van der Waals surface area contributed by atoms with Gasteiger partial charge in [0.2, 0.25) is 11.8 Å². The summed E-state index contributed by atoms with van der Waals surface area (Å²) in [5, 5.41) is 32.1. The van der Waals surface area contributed by atoms with Gasteiger partial charge in [0.15, 0.2) is 0 Å². The lowest BCUT2D eigenvalue weighted by atomic mass is 9.66. The van der Waals surface area contributed by atoms with Crippen LogP contribution in [0.2, 0.25) is 0 Å². The fourth-order valence-electron chi connectivity index (χ4n) is 7.21. The maximum absolute atomic E-state index is 13.8. The van der Waals surface area contributed by atoms with Crippen LogP contribution in [0.15, 0.2) is 59.8 Å². The Kier molecular flexibility index (Phi) is 9.05. The molecule has 1 saturated carbocycles. The number of pyridine rings is 1. The number of allylic oxidation sites excluding steroid dienone is 2. The molecule has 2 fully saturated rings. The fourth-order valence-corrected chi connectivity index (χ4v) is 7.21. The first-order valence-corrected chi connectivity index (χ1v) is 15.1. The molecule has 2 amide bonds. The van der Waals surface area contributed by atoms with Crippen molar-refractivity contribution >= 4 is 23.5 Å². The third-order valence-corrected chi connectivity index (χ3v) is 9.26. The normalized spacial score (nSPS) is 24.8. The molecule has 2 aliphatic carbocycles. The number of rotatable bonds is 9. The summed E-state index contributed by atoms with van der Waals surface area (Å²) in [4.78, 5) is 33.5. The van der Waals surface area contributed by atoms with Crippen molar-refractivity contribution < 1.29 is 24.9 Å². The van der Waals surface area contributed by atoms with Crippen molar-refractivity contribution in [3.63, 3.8) is 0 Å². The number of aromatic hydroxyl groups is 1. The first kappa shape index (κ1) is 29.2. The van der Waals surface area contributed by atoms with Crippen molar-refractivity contribution in [1.29, 1.82) is 0 Å². The fraction of sp³-hybridized carbons (Fsp3) is 0.500. The van der Waals surface area contributed by atoms with Gasteiger partial charge in [-0.25, -0.2) is 0 Å². The van der Waals surface area contributed by atoms with E-state index < -0.39 is 23.9 Å². The predicted molar refractivity (Wildman–Crippen MR) is 158 cm³/mol. The van der Waals surface area contributed by atoms with Crippen molar-refractivity contribution in [2.24, 2.45) is 23.7 Å². The molecule has 0 bridgehead atoms. The van der Waals surface area contributed by atoms with Crippen LogP contribution in [0.5, 0.6) is 5.75 Å². The summed E-state index contributed by atoms with van der Waals surface area (Å²) < 4.78 is 0. The van der Waals surface area contributed by atoms with Gasteiger partial charge >= 0.3 is 0 Å². The van der Waals surface area contributed by atoms with E-state index in [1.165, 1.54) is 4.90 Å². The van der Waals surface area contributed by atoms with E-state index in [1.807, 2.05) is 36.4 Å². The largest absolute Gasteiger partial charge is 0.508 e. The van der Waals surface area contributed by atoms with E-state index in [-0.39, 0.29) is 36.1 Å². The summed E-state index contributed by atoms with van der Waals surface area (Å²) in [7, 11) is 0. The molecular weight excluding hydrogens is 516 g/mol. The molecule has 7 heteroatoms. The molecule has 2 heterocycles. The number of phenols is 1. The number of hydrogen-bond acceptors (Lipinski definition) is 6. The number of aliphatic hydroxyl groups is 2. The van der Waals surface area contributed by atoms with E-state index in [2.05, 4.69) is 18.8 Å². The standard InChI is InChI=1S/C34H42N2O5/c1-21(2)26-19-27-32(34(41)36(33(27)40)24-8-4-3-5-9-24)28(20-37)31(26)30(39)16-13-23(29-10-6-7-17-35-29)18-22-11-14-25(38)15-12-22/h6-7,10-12,14-15,17-18,21,24,27-28,30,32,37-39H,3-5,8-9,13,16,19-20H2,1-2H3/b23-18-/t27-,28+,30-,32-/m1/s1. The van der Waals surface area contributed by atoms with Crippen molar-refractivity contribution in [3.8, 4) is 5.75 Å². The summed E-state index contributed by atoms with van der Waals surface area (Å²) in [6, 6.07) is 12.6. The molecule has 0 radical (unpaired) electrons. The number of aliphatic hydroxyl groups excluding tert-OH is 2. The number of amides is 2. The molecule has 3 N–H and O–H groups in total. The van der Waals surface area contributed by atoms with Gasteiger partial charge in [-0.3, -0.25) is 19.5 Å². The van der Waals surface area contributed by atoms with Crippen LogP contribution in [0.1, 0.15) is 76.5 Å². The summed E-state index contributed by atoms with van der Waals surface area (Å²) >= 11 is 0. The first-order chi connectivity index (χ1) is 19.8. The Bertz CT molecular complexity index is 1290. The minimum absolute atomic E-state index is 0.0458. The van der Waals surface area contributed by atoms with E-state index in [0.29, 0.717) is 19.3 Å². The number of aromatic nitrogens is 1. The minimum atomic E-state index is -0.871. The minimum Gasteiger partial charge on any atom is -0.508 e. The van der Waals surface area contributed by atoms with Gasteiger partial charge in [0, 0.05) is 18.2 Å². The average Bonchev–Trinajstić information content (AvgIpc) is 3.24. The van der Waals surface area contributed by atoms with Gasteiger partial charge in [-0.1, -0.05) is 56.9 Å². The Morgan fingerprint density at radius 3 is 2.41 bits per heavy atom. The van der Waals surface area contributed by atoms with E-state index in [9.17, 15) is 24.9 Å². The molecule has 4 atom stereocenters. The van der Waals surface area contributed by atoms with Crippen LogP contribution in [0.4, 0.5) is 0 Å². The molecule has 3 aliphatic rings. The third kappa shape index (κ3) is 6.02. The Hall–Kier alpha value is -3.29. The van der Waals surface area contributed by atoms with E-state index in [4.69, 9.17) is 0 Å². The van der Waals surface area contributed by atoms with E-state index >= 15 is 0 Å². The monoisotopic (exact) mass is 558 g/mol. The summed E-state index contributed by atoms with van der Waals surface area (Å²) in [6.07, 6.45) is 9.11. The summed E-state index contributed by atoms with van der Waals surface area (Å²) in [5.41, 5.74) is 4.37. The zero-order valence-electron chi connectivity index (χ0n) is 24.1. The summed E-state index contributed by atoms with van der Waals surface area (Å²) in [5.74, 6) is -1.66. The Balaban J connectivity index is 1.42. The van der Waals surface area contributed by atoms with Crippen molar-refractivity contribution in [1.82, 2.24) is 9.88 Å². The van der Waals surface area contributed by atoms with Gasteiger partial charge in [-0.15, -0.1) is 0 Å². The lowest BCUT2D eigenvalue weighted by molar-refractivity contribution is -0.143. The maximum Gasteiger partial charge on any atom is 0.234 e. The van der Waals surface area contributed by atoms with Crippen molar-refractivity contribution in [3.05, 3.63) is 71.1 Å². The second kappa shape index (κ2) is 12.7. The topological polar surface area (TPSA) is 111 Å². The molecule has 41 heavy (non-hydrogen) atoms. The molecule has 1 aromatic carbocycles. The Morgan fingerprint density at radius 1 is 1.05 bits per heavy atom. The van der Waals surface area contributed by atoms with Crippen molar-refractivity contribution in [2.75, 3.05) is 6.61 Å². The zero-order valence-corrected chi connectivity index (χ0v) is 24.1. The van der Waals surface area contributed by atoms with Gasteiger partial charge in [-0.2, -0.15) is 0 Å². The SMILES string of the molecule is CC(C)C1=C([C@H](O)CC/C(=C/c2ccc(O)cc2)c2ccccn2)[C@H](CO)[C@@H]2C(=O)N(C3CCCCC3)C(=O)[C@@H]2C1. The van der Waals surface area contributed by atoms with Crippen LogP contribution in [0, 0.1) is 23.7 Å². The summed E-state index contributed by atoms with van der Waals surface area (Å²) in [6.45, 7) is 3.83. The molecule has 7 nitrogen and oxygen atoms in total. The molecule has 2 aromatic rings. The van der Waals surface area contributed by atoms with E-state index in [0.717, 1.165) is 60.1 Å². The number of phenolic OH excluding ortho intramolecular Hbond substituents is 1. The number of hydrogen-bond donors (Lipinski definition) is 3. The highest BCUT2D eigenvalue weighted by Gasteiger charge is 2.56. The number of nitrogens with zero attached hydrogens (tertiary/aromatic N) is 2. The molecule has 1 aromatic heterocycles. The predicted octanol–water partition coefficient (Wildman–Crippen LogP) is 5.37. The molecule has 1 saturated heterocycles. The van der Waals surface area contributed by atoms with Gasteiger partial charge in [0.1, 0.15) is 5.75 Å². The highest BCUT2D eigenvalue weighted by molar-refractivity contribution is 6.06. The number of imide groups is 1. The Morgan fingerprint density at radius 2 is 1.78 bits per heavy atom. The Labute approximate surface area is 242 Å². The van der Waals surface area contributed by atoms with Crippen LogP contribution in [0.25, 0.3) is 11.6 Å². The second-order valence-corrected chi connectivity index (χ2v) is 12.1.